The molecule has 0 aliphatic heterocycles. The minimum Gasteiger partial charge on any atom is -0.251 e. The number of rotatable bonds is 3. The fourth-order valence-corrected chi connectivity index (χ4v) is 2.81. The van der Waals surface area contributed by atoms with E-state index < -0.39 is 5.92 Å². The topological polar surface area (TPSA) is 62.5 Å². The van der Waals surface area contributed by atoms with Gasteiger partial charge in [-0.25, -0.2) is 9.97 Å². The van der Waals surface area contributed by atoms with Crippen molar-refractivity contribution in [2.45, 2.75) is 11.1 Å². The van der Waals surface area contributed by atoms with Crippen LogP contribution in [0.15, 0.2) is 47.6 Å². The van der Waals surface area contributed by atoms with Crippen LogP contribution in [0.1, 0.15) is 17.3 Å². The summed E-state index contributed by atoms with van der Waals surface area (Å²) < 4.78 is 0. The normalized spacial score (nSPS) is 12.0. The Morgan fingerprint density at radius 3 is 2.68 bits per heavy atom. The van der Waals surface area contributed by atoms with Gasteiger partial charge < -0.3 is 0 Å². The van der Waals surface area contributed by atoms with Crippen LogP contribution in [0.25, 0.3) is 10.9 Å². The average molecular weight is 327 g/mol. The molecule has 108 valence electrons. The maximum Gasteiger partial charge on any atom is 0.188 e. The van der Waals surface area contributed by atoms with Gasteiger partial charge in [0.05, 0.1) is 23.0 Å². The second-order valence-electron chi connectivity index (χ2n) is 4.59. The minimum atomic E-state index is -0.573. The monoisotopic (exact) mass is 326 g/mol. The van der Waals surface area contributed by atoms with E-state index in [4.69, 9.17) is 11.6 Å². The van der Waals surface area contributed by atoms with Crippen molar-refractivity contribution >= 4 is 34.3 Å². The summed E-state index contributed by atoms with van der Waals surface area (Å²) >= 11 is 7.40. The molecule has 2 heterocycles. The number of halogens is 1. The van der Waals surface area contributed by atoms with Gasteiger partial charge in [-0.3, -0.25) is 4.98 Å². The summed E-state index contributed by atoms with van der Waals surface area (Å²) in [6.07, 6.45) is 1.87. The Bertz CT molecular complexity index is 875. The first-order valence-corrected chi connectivity index (χ1v) is 8.15. The van der Waals surface area contributed by atoms with Gasteiger partial charge in [-0.2, -0.15) is 5.26 Å². The Balaban J connectivity index is 2.10. The summed E-state index contributed by atoms with van der Waals surface area (Å²) in [5.41, 5.74) is 2.07. The lowest BCUT2D eigenvalue weighted by Gasteiger charge is -2.10. The maximum atomic E-state index is 9.56. The lowest BCUT2D eigenvalue weighted by Crippen LogP contribution is -2.05. The number of fused-ring (bicyclic) bond motifs is 1. The molecule has 1 aromatic carbocycles. The SMILES string of the molecule is CSc1nc(Cl)cc(C(C#N)c2ccc3ccccc3n2)n1. The standard InChI is InChI=1S/C16H11ClN4S/c1-22-16-20-14(8-15(17)21-16)11(9-18)13-7-6-10-4-2-3-5-12(10)19-13/h2-8,11H,1H3. The van der Waals surface area contributed by atoms with Gasteiger partial charge in [-0.1, -0.05) is 47.6 Å². The Morgan fingerprint density at radius 1 is 1.09 bits per heavy atom. The van der Waals surface area contributed by atoms with E-state index in [0.29, 0.717) is 21.7 Å². The van der Waals surface area contributed by atoms with E-state index in [0.717, 1.165) is 10.9 Å². The minimum absolute atomic E-state index is 0.329. The van der Waals surface area contributed by atoms with Crippen LogP contribution in [0.4, 0.5) is 0 Å². The van der Waals surface area contributed by atoms with Crippen LogP contribution in [0.5, 0.6) is 0 Å². The molecule has 0 amide bonds. The number of hydrogen-bond acceptors (Lipinski definition) is 5. The number of para-hydroxylation sites is 1. The van der Waals surface area contributed by atoms with Crippen molar-refractivity contribution in [1.82, 2.24) is 15.0 Å². The van der Waals surface area contributed by atoms with Crippen LogP contribution < -0.4 is 0 Å². The van der Waals surface area contributed by atoms with Gasteiger partial charge in [0.2, 0.25) is 0 Å². The predicted molar refractivity (Wildman–Crippen MR) is 88.0 cm³/mol. The lowest BCUT2D eigenvalue weighted by molar-refractivity contribution is 0.849. The molecule has 0 saturated heterocycles. The van der Waals surface area contributed by atoms with E-state index in [9.17, 15) is 5.26 Å². The van der Waals surface area contributed by atoms with Gasteiger partial charge in [0.15, 0.2) is 5.16 Å². The van der Waals surface area contributed by atoms with Crippen molar-refractivity contribution in [1.29, 1.82) is 5.26 Å². The first kappa shape index (κ1) is 14.8. The largest absolute Gasteiger partial charge is 0.251 e. The van der Waals surface area contributed by atoms with Gasteiger partial charge in [-0.05, 0) is 24.5 Å². The number of pyridine rings is 1. The van der Waals surface area contributed by atoms with E-state index >= 15 is 0 Å². The molecular formula is C16H11ClN4S. The third kappa shape index (κ3) is 2.89. The number of thioether (sulfide) groups is 1. The number of nitrogens with zero attached hydrogens (tertiary/aromatic N) is 4. The molecule has 4 nitrogen and oxygen atoms in total. The summed E-state index contributed by atoms with van der Waals surface area (Å²) in [6, 6.07) is 15.5. The molecule has 0 saturated carbocycles. The highest BCUT2D eigenvalue weighted by Crippen LogP contribution is 2.26. The zero-order valence-electron chi connectivity index (χ0n) is 11.7. The fraction of sp³-hybridized carbons (Fsp3) is 0.125. The van der Waals surface area contributed by atoms with Crippen molar-refractivity contribution in [3.8, 4) is 6.07 Å². The number of hydrogen-bond donors (Lipinski definition) is 0. The molecule has 0 N–H and O–H groups in total. The summed E-state index contributed by atoms with van der Waals surface area (Å²) in [5.74, 6) is -0.573. The Kier molecular flexibility index (Phi) is 4.23. The molecule has 0 aliphatic rings. The molecular weight excluding hydrogens is 316 g/mol. The van der Waals surface area contributed by atoms with Crippen LogP contribution >= 0.6 is 23.4 Å². The summed E-state index contributed by atoms with van der Waals surface area (Å²) in [7, 11) is 0. The first-order valence-electron chi connectivity index (χ1n) is 6.55. The van der Waals surface area contributed by atoms with Gasteiger partial charge in [0.25, 0.3) is 0 Å². The van der Waals surface area contributed by atoms with Crippen LogP contribution in [0.3, 0.4) is 0 Å². The van der Waals surface area contributed by atoms with E-state index in [1.807, 2.05) is 42.7 Å². The third-order valence-corrected chi connectivity index (χ3v) is 3.96. The first-order chi connectivity index (χ1) is 10.7. The average Bonchev–Trinajstić information content (AvgIpc) is 2.55. The Morgan fingerprint density at radius 2 is 1.91 bits per heavy atom. The molecule has 22 heavy (non-hydrogen) atoms. The Hall–Kier alpha value is -2.16. The highest BCUT2D eigenvalue weighted by Gasteiger charge is 2.18. The maximum absolute atomic E-state index is 9.56. The van der Waals surface area contributed by atoms with Crippen LogP contribution in [0.2, 0.25) is 5.15 Å². The number of nitriles is 1. The van der Waals surface area contributed by atoms with Crippen molar-refractivity contribution in [3.63, 3.8) is 0 Å². The van der Waals surface area contributed by atoms with E-state index in [1.54, 1.807) is 6.07 Å². The van der Waals surface area contributed by atoms with E-state index in [2.05, 4.69) is 21.0 Å². The molecule has 1 atom stereocenters. The van der Waals surface area contributed by atoms with Crippen LogP contribution in [0, 0.1) is 11.3 Å². The molecule has 3 rings (SSSR count). The molecule has 3 aromatic rings. The third-order valence-electron chi connectivity index (χ3n) is 3.22. The lowest BCUT2D eigenvalue weighted by atomic mass is 10.0. The molecule has 2 aromatic heterocycles. The predicted octanol–water partition coefficient (Wildman–Crippen LogP) is 4.06. The number of aromatic nitrogens is 3. The zero-order valence-corrected chi connectivity index (χ0v) is 13.3. The number of benzene rings is 1. The molecule has 6 heteroatoms. The highest BCUT2D eigenvalue weighted by atomic mass is 35.5. The molecule has 0 bridgehead atoms. The van der Waals surface area contributed by atoms with Crippen molar-refractivity contribution in [3.05, 3.63) is 59.0 Å². The Labute approximate surface area is 137 Å². The van der Waals surface area contributed by atoms with Crippen LogP contribution in [-0.2, 0) is 0 Å². The molecule has 0 radical (unpaired) electrons. The molecule has 0 aliphatic carbocycles. The van der Waals surface area contributed by atoms with Gasteiger partial charge >= 0.3 is 0 Å². The van der Waals surface area contributed by atoms with Crippen molar-refractivity contribution in [2.75, 3.05) is 6.26 Å². The zero-order chi connectivity index (χ0) is 15.5. The second-order valence-corrected chi connectivity index (χ2v) is 5.75. The summed E-state index contributed by atoms with van der Waals surface area (Å²) in [6.45, 7) is 0. The van der Waals surface area contributed by atoms with Gasteiger partial charge in [-0.15, -0.1) is 0 Å². The molecule has 1 unspecified atom stereocenters. The second kappa shape index (κ2) is 6.30. The highest BCUT2D eigenvalue weighted by molar-refractivity contribution is 7.98. The summed E-state index contributed by atoms with van der Waals surface area (Å²) in [5, 5.41) is 11.5. The van der Waals surface area contributed by atoms with Crippen molar-refractivity contribution < 1.29 is 0 Å². The van der Waals surface area contributed by atoms with Gasteiger partial charge in [0, 0.05) is 5.39 Å². The van der Waals surface area contributed by atoms with Crippen LogP contribution in [-0.4, -0.2) is 21.2 Å². The smallest absolute Gasteiger partial charge is 0.188 e. The molecule has 0 fully saturated rings. The van der Waals surface area contributed by atoms with Crippen molar-refractivity contribution in [2.24, 2.45) is 0 Å². The summed E-state index contributed by atoms with van der Waals surface area (Å²) in [4.78, 5) is 13.1. The fourth-order valence-electron chi connectivity index (χ4n) is 2.18. The van der Waals surface area contributed by atoms with Gasteiger partial charge in [0.1, 0.15) is 11.1 Å². The van der Waals surface area contributed by atoms with E-state index in [-0.39, 0.29) is 0 Å². The van der Waals surface area contributed by atoms with E-state index in [1.165, 1.54) is 11.8 Å². The quantitative estimate of drug-likeness (QED) is 0.412. The molecule has 0 spiro atoms.